The maximum Gasteiger partial charge on any atom is 0.330 e. The molecule has 1 aliphatic rings. The summed E-state index contributed by atoms with van der Waals surface area (Å²) < 4.78 is 10.2. The van der Waals surface area contributed by atoms with Gasteiger partial charge in [-0.15, -0.1) is 11.3 Å². The van der Waals surface area contributed by atoms with Crippen LogP contribution in [0.25, 0.3) is 6.08 Å². The summed E-state index contributed by atoms with van der Waals surface area (Å²) in [6.45, 7) is 5.41. The van der Waals surface area contributed by atoms with Crippen LogP contribution >= 0.6 is 11.3 Å². The summed E-state index contributed by atoms with van der Waals surface area (Å²) in [6.07, 6.45) is 4.19. The number of esters is 1. The number of fused-ring (bicyclic) bond motifs is 1. The van der Waals surface area contributed by atoms with E-state index in [1.165, 1.54) is 40.4 Å². The van der Waals surface area contributed by atoms with Crippen LogP contribution in [0.5, 0.6) is 5.75 Å². The maximum absolute atomic E-state index is 11.4. The van der Waals surface area contributed by atoms with E-state index in [2.05, 4.69) is 77.4 Å². The Morgan fingerprint density at radius 3 is 2.55 bits per heavy atom. The van der Waals surface area contributed by atoms with Gasteiger partial charge in [-0.1, -0.05) is 30.3 Å². The van der Waals surface area contributed by atoms with E-state index in [1.54, 1.807) is 24.5 Å². The van der Waals surface area contributed by atoms with Crippen LogP contribution in [-0.2, 0) is 21.5 Å². The minimum atomic E-state index is -0.356. The van der Waals surface area contributed by atoms with E-state index < -0.39 is 0 Å². The second kappa shape index (κ2) is 8.60. The molecule has 2 aromatic carbocycles. The lowest BCUT2D eigenvalue weighted by Gasteiger charge is -2.48. The van der Waals surface area contributed by atoms with Crippen molar-refractivity contribution in [2.45, 2.75) is 25.8 Å². The van der Waals surface area contributed by atoms with Crippen molar-refractivity contribution < 1.29 is 14.3 Å². The number of carbonyl (C=O) groups is 1. The van der Waals surface area contributed by atoms with Gasteiger partial charge < -0.3 is 14.4 Å². The minimum absolute atomic E-state index is 0.323. The van der Waals surface area contributed by atoms with Crippen molar-refractivity contribution in [2.24, 2.45) is 0 Å². The average molecular weight is 434 g/mol. The van der Waals surface area contributed by atoms with Gasteiger partial charge in [0, 0.05) is 17.5 Å². The third-order valence-corrected chi connectivity index (χ3v) is 7.02. The van der Waals surface area contributed by atoms with Crippen LogP contribution < -0.4 is 9.64 Å². The number of hydrogen-bond donors (Lipinski definition) is 0. The van der Waals surface area contributed by atoms with Gasteiger partial charge in [-0.05, 0) is 72.2 Å². The van der Waals surface area contributed by atoms with Gasteiger partial charge in [0.1, 0.15) is 5.75 Å². The van der Waals surface area contributed by atoms with Gasteiger partial charge in [0.05, 0.1) is 25.4 Å². The van der Waals surface area contributed by atoms with Gasteiger partial charge >= 0.3 is 5.97 Å². The molecule has 5 heteroatoms. The first kappa shape index (κ1) is 21.2. The first-order valence-corrected chi connectivity index (χ1v) is 11.2. The first-order chi connectivity index (χ1) is 15.0. The van der Waals surface area contributed by atoms with E-state index in [-0.39, 0.29) is 11.5 Å². The second-order valence-corrected chi connectivity index (χ2v) is 8.96. The molecule has 0 N–H and O–H groups in total. The predicted molar refractivity (Wildman–Crippen MR) is 127 cm³/mol. The van der Waals surface area contributed by atoms with Crippen LogP contribution in [0.3, 0.4) is 0 Å². The van der Waals surface area contributed by atoms with Crippen molar-refractivity contribution in [2.75, 3.05) is 25.7 Å². The summed E-state index contributed by atoms with van der Waals surface area (Å²) in [5.74, 6) is 0.537. The number of nitrogens with zero attached hydrogens (tertiary/aromatic N) is 1. The summed E-state index contributed by atoms with van der Waals surface area (Å²) in [6, 6.07) is 17.1. The van der Waals surface area contributed by atoms with Gasteiger partial charge in [-0.2, -0.15) is 0 Å². The van der Waals surface area contributed by atoms with Crippen LogP contribution in [0.15, 0.2) is 60.0 Å². The molecule has 0 radical (unpaired) electrons. The van der Waals surface area contributed by atoms with Crippen molar-refractivity contribution in [1.29, 1.82) is 0 Å². The van der Waals surface area contributed by atoms with Crippen molar-refractivity contribution in [3.8, 4) is 5.75 Å². The zero-order valence-corrected chi connectivity index (χ0v) is 19.2. The largest absolute Gasteiger partial charge is 0.497 e. The normalized spacial score (nSPS) is 18.1. The molecule has 1 aromatic heterocycles. The van der Waals surface area contributed by atoms with Crippen LogP contribution in [0.1, 0.15) is 34.1 Å². The molecule has 2 heterocycles. The van der Waals surface area contributed by atoms with Gasteiger partial charge in [0.25, 0.3) is 0 Å². The molecule has 31 heavy (non-hydrogen) atoms. The lowest BCUT2D eigenvalue weighted by atomic mass is 9.76. The third kappa shape index (κ3) is 3.86. The molecule has 0 spiro atoms. The molecular formula is C26H27NO3S. The van der Waals surface area contributed by atoms with E-state index in [0.717, 1.165) is 24.3 Å². The monoisotopic (exact) mass is 433 g/mol. The van der Waals surface area contributed by atoms with Crippen LogP contribution in [-0.4, -0.2) is 26.7 Å². The summed E-state index contributed by atoms with van der Waals surface area (Å²) in [4.78, 5) is 15.3. The summed E-state index contributed by atoms with van der Waals surface area (Å²) in [5, 5.41) is 2.16. The smallest absolute Gasteiger partial charge is 0.330 e. The zero-order valence-electron chi connectivity index (χ0n) is 18.3. The number of benzene rings is 2. The van der Waals surface area contributed by atoms with Crippen molar-refractivity contribution in [3.63, 3.8) is 0 Å². The molecule has 0 bridgehead atoms. The Labute approximate surface area is 187 Å². The summed E-state index contributed by atoms with van der Waals surface area (Å²) >= 11 is 1.78. The molecule has 4 nitrogen and oxygen atoms in total. The SMILES string of the molecule is COC(=O)/C=C/c1ccc(C2(C)c3ccc(OC)cc3CCN2c2ccsc2C)cc1. The minimum Gasteiger partial charge on any atom is -0.497 e. The fourth-order valence-corrected chi connectivity index (χ4v) is 5.16. The highest BCUT2D eigenvalue weighted by atomic mass is 32.1. The van der Waals surface area contributed by atoms with Crippen molar-refractivity contribution in [3.05, 3.63) is 87.1 Å². The molecule has 1 atom stereocenters. The quantitative estimate of drug-likeness (QED) is 0.389. The first-order valence-electron chi connectivity index (χ1n) is 10.3. The number of thiophene rings is 1. The van der Waals surface area contributed by atoms with Crippen molar-refractivity contribution in [1.82, 2.24) is 0 Å². The highest BCUT2D eigenvalue weighted by Gasteiger charge is 2.41. The molecule has 0 fully saturated rings. The molecule has 0 saturated heterocycles. The molecule has 1 aliphatic heterocycles. The average Bonchev–Trinajstić information content (AvgIpc) is 3.23. The molecule has 0 saturated carbocycles. The standard InChI is InChI=1S/C26H27NO3S/c1-18-24(14-16-31-18)27-15-13-20-17-22(29-3)10-11-23(20)26(27,2)21-8-5-19(6-9-21)7-12-25(28)30-4/h5-12,14,16-17H,13,15H2,1-4H3/b12-7+. The number of methoxy groups -OCH3 is 2. The number of hydrogen-bond acceptors (Lipinski definition) is 5. The van der Waals surface area contributed by atoms with Gasteiger partial charge in [0.2, 0.25) is 0 Å². The Morgan fingerprint density at radius 1 is 1.13 bits per heavy atom. The zero-order chi connectivity index (χ0) is 22.0. The summed E-state index contributed by atoms with van der Waals surface area (Å²) in [7, 11) is 3.10. The Morgan fingerprint density at radius 2 is 1.90 bits per heavy atom. The highest BCUT2D eigenvalue weighted by Crippen LogP contribution is 2.45. The fraction of sp³-hybridized carbons (Fsp3) is 0.269. The van der Waals surface area contributed by atoms with Crippen LogP contribution in [0.4, 0.5) is 5.69 Å². The van der Waals surface area contributed by atoms with Gasteiger partial charge in [-0.3, -0.25) is 0 Å². The summed E-state index contributed by atoms with van der Waals surface area (Å²) in [5.41, 5.74) is 5.74. The topological polar surface area (TPSA) is 38.8 Å². The molecule has 4 rings (SSSR count). The number of ether oxygens (including phenoxy) is 2. The van der Waals surface area contributed by atoms with Crippen LogP contribution in [0, 0.1) is 6.92 Å². The lowest BCUT2D eigenvalue weighted by Crippen LogP contribution is -2.50. The van der Waals surface area contributed by atoms with E-state index in [1.807, 2.05) is 0 Å². The maximum atomic E-state index is 11.4. The third-order valence-electron chi connectivity index (χ3n) is 6.19. The Bertz CT molecular complexity index is 1120. The Kier molecular flexibility index (Phi) is 5.88. The fourth-order valence-electron chi connectivity index (χ4n) is 4.46. The second-order valence-electron chi connectivity index (χ2n) is 7.84. The number of aryl methyl sites for hydroxylation is 1. The van der Waals surface area contributed by atoms with Gasteiger partial charge in [-0.25, -0.2) is 4.79 Å². The number of rotatable bonds is 5. The molecular weight excluding hydrogens is 406 g/mol. The van der Waals surface area contributed by atoms with E-state index >= 15 is 0 Å². The van der Waals surface area contributed by atoms with Crippen LogP contribution in [0.2, 0.25) is 0 Å². The van der Waals surface area contributed by atoms with E-state index in [9.17, 15) is 4.79 Å². The molecule has 3 aromatic rings. The molecule has 0 aliphatic carbocycles. The highest BCUT2D eigenvalue weighted by molar-refractivity contribution is 7.10. The number of carbonyl (C=O) groups excluding carboxylic acids is 1. The van der Waals surface area contributed by atoms with E-state index in [0.29, 0.717) is 0 Å². The molecule has 1 unspecified atom stereocenters. The number of anilines is 1. The lowest BCUT2D eigenvalue weighted by molar-refractivity contribution is -0.134. The molecule has 160 valence electrons. The van der Waals surface area contributed by atoms with Gasteiger partial charge in [0.15, 0.2) is 0 Å². The van der Waals surface area contributed by atoms with E-state index in [4.69, 9.17) is 4.74 Å². The predicted octanol–water partition coefficient (Wildman–Crippen LogP) is 5.58. The molecule has 0 amide bonds. The Balaban J connectivity index is 1.81. The Hall–Kier alpha value is -3.05. The van der Waals surface area contributed by atoms with Crippen molar-refractivity contribution >= 4 is 29.1 Å².